The molecule has 98 valence electrons. The average Bonchev–Trinajstić information content (AvgIpc) is 2.23. The molecule has 0 bridgehead atoms. The first-order valence-corrected chi connectivity index (χ1v) is 5.79. The number of aliphatic hydroxyl groups excluding tert-OH is 2. The van der Waals surface area contributed by atoms with Crippen LogP contribution in [0.25, 0.3) is 0 Å². The molecule has 0 aliphatic heterocycles. The van der Waals surface area contributed by atoms with Gasteiger partial charge in [0.15, 0.2) is 0 Å². The summed E-state index contributed by atoms with van der Waals surface area (Å²) in [5.41, 5.74) is -0.481. The standard InChI is InChI=1S/C13H22O4/c1-13(2,3)12(16)17-10-6-8-11(15)7-4-5-9-14/h11,14-15H,6-10H2,1-3H3/t11-/m1/s1. The molecular formula is C13H22O4. The van der Waals surface area contributed by atoms with Crippen molar-refractivity contribution in [2.45, 2.75) is 46.1 Å². The Morgan fingerprint density at radius 2 is 2.00 bits per heavy atom. The van der Waals surface area contributed by atoms with E-state index < -0.39 is 11.5 Å². The third kappa shape index (κ3) is 8.73. The average molecular weight is 242 g/mol. The molecule has 17 heavy (non-hydrogen) atoms. The lowest BCUT2D eigenvalue weighted by molar-refractivity contribution is -0.153. The summed E-state index contributed by atoms with van der Waals surface area (Å²) in [6, 6.07) is 0. The third-order valence-corrected chi connectivity index (χ3v) is 2.07. The quantitative estimate of drug-likeness (QED) is 0.430. The van der Waals surface area contributed by atoms with E-state index in [1.165, 1.54) is 0 Å². The zero-order valence-corrected chi connectivity index (χ0v) is 10.8. The van der Waals surface area contributed by atoms with Crippen LogP contribution in [0.1, 0.15) is 40.0 Å². The van der Waals surface area contributed by atoms with Crippen LogP contribution < -0.4 is 0 Å². The van der Waals surface area contributed by atoms with Crippen LogP contribution in [0.3, 0.4) is 0 Å². The second kappa shape index (κ2) is 8.10. The molecule has 0 aliphatic carbocycles. The highest BCUT2D eigenvalue weighted by molar-refractivity contribution is 5.75. The first-order valence-electron chi connectivity index (χ1n) is 5.79. The summed E-state index contributed by atoms with van der Waals surface area (Å²) in [6.07, 6.45) is 0.970. The fraction of sp³-hybridized carbons (Fsp3) is 0.769. The number of aliphatic hydroxyl groups is 2. The van der Waals surface area contributed by atoms with Crippen molar-refractivity contribution in [3.63, 3.8) is 0 Å². The summed E-state index contributed by atoms with van der Waals surface area (Å²) in [5, 5.41) is 17.9. The van der Waals surface area contributed by atoms with Gasteiger partial charge in [-0.2, -0.15) is 0 Å². The number of rotatable bonds is 5. The second-order valence-electron chi connectivity index (χ2n) is 4.90. The molecule has 0 unspecified atom stereocenters. The van der Waals surface area contributed by atoms with E-state index in [9.17, 15) is 9.90 Å². The molecule has 0 amide bonds. The van der Waals surface area contributed by atoms with Crippen LogP contribution in [-0.2, 0) is 9.53 Å². The van der Waals surface area contributed by atoms with Crippen molar-refractivity contribution >= 4 is 5.97 Å². The Labute approximate surface area is 103 Å². The largest absolute Gasteiger partial charge is 0.465 e. The molecule has 4 heteroatoms. The molecule has 0 saturated heterocycles. The van der Waals surface area contributed by atoms with Gasteiger partial charge in [-0.1, -0.05) is 11.8 Å². The predicted octanol–water partition coefficient (Wildman–Crippen LogP) is 1.10. The minimum Gasteiger partial charge on any atom is -0.465 e. The predicted molar refractivity (Wildman–Crippen MR) is 65.1 cm³/mol. The molecule has 2 N–H and O–H groups in total. The molecule has 0 aromatic carbocycles. The molecule has 0 saturated carbocycles. The number of carbonyl (C=O) groups excluding carboxylic acids is 1. The number of esters is 1. The summed E-state index contributed by atoms with van der Waals surface area (Å²) < 4.78 is 5.06. The van der Waals surface area contributed by atoms with Crippen LogP contribution in [-0.4, -0.2) is 35.5 Å². The molecule has 0 aromatic heterocycles. The SMILES string of the molecule is CC(C)(C)C(=O)OCCC[C@H](O)CC#CCO. The van der Waals surface area contributed by atoms with E-state index in [2.05, 4.69) is 11.8 Å². The Hall–Kier alpha value is -1.05. The van der Waals surface area contributed by atoms with E-state index in [0.717, 1.165) is 0 Å². The van der Waals surface area contributed by atoms with Gasteiger partial charge in [-0.05, 0) is 33.6 Å². The summed E-state index contributed by atoms with van der Waals surface area (Å²) in [7, 11) is 0. The molecule has 4 nitrogen and oxygen atoms in total. The lowest BCUT2D eigenvalue weighted by Crippen LogP contribution is -2.23. The summed E-state index contributed by atoms with van der Waals surface area (Å²) in [4.78, 5) is 11.4. The summed E-state index contributed by atoms with van der Waals surface area (Å²) in [5.74, 6) is 4.89. The van der Waals surface area contributed by atoms with Gasteiger partial charge in [0.1, 0.15) is 6.61 Å². The van der Waals surface area contributed by atoms with Gasteiger partial charge in [-0.15, -0.1) is 0 Å². The van der Waals surface area contributed by atoms with Crippen LogP contribution in [0.2, 0.25) is 0 Å². The minimum absolute atomic E-state index is 0.185. The molecule has 0 rings (SSSR count). The van der Waals surface area contributed by atoms with Crippen molar-refractivity contribution in [2.24, 2.45) is 5.41 Å². The highest BCUT2D eigenvalue weighted by Gasteiger charge is 2.22. The van der Waals surface area contributed by atoms with Crippen molar-refractivity contribution in [3.8, 4) is 11.8 Å². The van der Waals surface area contributed by atoms with E-state index in [1.807, 2.05) is 0 Å². The topological polar surface area (TPSA) is 66.8 Å². The number of hydrogen-bond acceptors (Lipinski definition) is 4. The molecule has 0 heterocycles. The third-order valence-electron chi connectivity index (χ3n) is 2.07. The van der Waals surface area contributed by atoms with Gasteiger partial charge in [-0.25, -0.2) is 0 Å². The number of ether oxygens (including phenoxy) is 1. The number of carbonyl (C=O) groups is 1. The normalized spacial score (nSPS) is 12.5. The fourth-order valence-electron chi connectivity index (χ4n) is 1.05. The van der Waals surface area contributed by atoms with Gasteiger partial charge in [0.2, 0.25) is 0 Å². The van der Waals surface area contributed by atoms with E-state index >= 15 is 0 Å². The fourth-order valence-corrected chi connectivity index (χ4v) is 1.05. The molecule has 0 spiro atoms. The van der Waals surface area contributed by atoms with Crippen LogP contribution in [0.15, 0.2) is 0 Å². The van der Waals surface area contributed by atoms with Crippen molar-refractivity contribution in [1.29, 1.82) is 0 Å². The van der Waals surface area contributed by atoms with E-state index in [1.54, 1.807) is 20.8 Å². The summed E-state index contributed by atoms with van der Waals surface area (Å²) in [6.45, 7) is 5.54. The first kappa shape index (κ1) is 16.0. The van der Waals surface area contributed by atoms with Crippen LogP contribution >= 0.6 is 0 Å². The van der Waals surface area contributed by atoms with Gasteiger partial charge >= 0.3 is 5.97 Å². The first-order chi connectivity index (χ1) is 7.88. The second-order valence-corrected chi connectivity index (χ2v) is 4.90. The minimum atomic E-state index is -0.526. The Bertz CT molecular complexity index is 280. The molecule has 0 fully saturated rings. The van der Waals surface area contributed by atoms with Gasteiger partial charge in [0.25, 0.3) is 0 Å². The zero-order valence-electron chi connectivity index (χ0n) is 10.8. The van der Waals surface area contributed by atoms with Crippen molar-refractivity contribution in [2.75, 3.05) is 13.2 Å². The highest BCUT2D eigenvalue weighted by Crippen LogP contribution is 2.15. The Morgan fingerprint density at radius 3 is 2.53 bits per heavy atom. The molecule has 0 aliphatic rings. The Kier molecular flexibility index (Phi) is 7.60. The number of hydrogen-bond donors (Lipinski definition) is 2. The maximum absolute atomic E-state index is 11.4. The maximum atomic E-state index is 11.4. The lowest BCUT2D eigenvalue weighted by Gasteiger charge is -2.16. The Morgan fingerprint density at radius 1 is 1.35 bits per heavy atom. The Balaban J connectivity index is 3.61. The van der Waals surface area contributed by atoms with Gasteiger partial charge in [-0.3, -0.25) is 4.79 Å². The van der Waals surface area contributed by atoms with Crippen LogP contribution in [0.4, 0.5) is 0 Å². The highest BCUT2D eigenvalue weighted by atomic mass is 16.5. The zero-order chi connectivity index (χ0) is 13.3. The van der Waals surface area contributed by atoms with E-state index in [4.69, 9.17) is 9.84 Å². The van der Waals surface area contributed by atoms with Gasteiger partial charge in [0.05, 0.1) is 18.1 Å². The van der Waals surface area contributed by atoms with Crippen LogP contribution in [0.5, 0.6) is 0 Å². The molecule has 1 atom stereocenters. The van der Waals surface area contributed by atoms with Crippen molar-refractivity contribution in [1.82, 2.24) is 0 Å². The van der Waals surface area contributed by atoms with Gasteiger partial charge < -0.3 is 14.9 Å². The van der Waals surface area contributed by atoms with Crippen LogP contribution in [0, 0.1) is 17.3 Å². The molecule has 0 radical (unpaired) electrons. The van der Waals surface area contributed by atoms with Crippen molar-refractivity contribution < 1.29 is 19.7 Å². The smallest absolute Gasteiger partial charge is 0.311 e. The monoisotopic (exact) mass is 242 g/mol. The molecule has 0 aromatic rings. The maximum Gasteiger partial charge on any atom is 0.311 e. The lowest BCUT2D eigenvalue weighted by atomic mass is 9.97. The van der Waals surface area contributed by atoms with E-state index in [0.29, 0.717) is 25.9 Å². The summed E-state index contributed by atoms with van der Waals surface area (Å²) >= 11 is 0. The van der Waals surface area contributed by atoms with E-state index in [-0.39, 0.29) is 12.6 Å². The van der Waals surface area contributed by atoms with Gasteiger partial charge in [0, 0.05) is 6.42 Å². The van der Waals surface area contributed by atoms with Crippen molar-refractivity contribution in [3.05, 3.63) is 0 Å². The molecular weight excluding hydrogens is 220 g/mol.